The van der Waals surface area contributed by atoms with Gasteiger partial charge in [-0.1, -0.05) is 13.8 Å². The maximum Gasteiger partial charge on any atom is 0.228 e. The van der Waals surface area contributed by atoms with Crippen LogP contribution in [0.4, 0.5) is 0 Å². The van der Waals surface area contributed by atoms with Crippen LogP contribution in [0, 0.1) is 23.2 Å². The Morgan fingerprint density at radius 2 is 1.62 bits per heavy atom. The predicted octanol–water partition coefficient (Wildman–Crippen LogP) is 4.12. The number of carbonyl (C=O) groups is 1. The molecule has 4 aliphatic carbocycles. The largest absolute Gasteiger partial charge is 0.425 e. The molecule has 0 spiro atoms. The molecule has 26 heavy (non-hydrogen) atoms. The average molecular weight is 357 g/mol. The van der Waals surface area contributed by atoms with Gasteiger partial charge >= 0.3 is 0 Å². The van der Waals surface area contributed by atoms with Gasteiger partial charge in [-0.2, -0.15) is 0 Å². The smallest absolute Gasteiger partial charge is 0.228 e. The molecule has 1 aliphatic heterocycles. The lowest BCUT2D eigenvalue weighted by Crippen LogP contribution is -2.55. The van der Waals surface area contributed by atoms with Crippen LogP contribution in [0.3, 0.4) is 0 Å². The van der Waals surface area contributed by atoms with Crippen molar-refractivity contribution in [3.63, 3.8) is 0 Å². The SMILES string of the molecule is CC(C)c1nnc(C2CCN(C(=O)C34CC5CC(CC(C5)C3)C4)CC2)o1. The molecule has 5 fully saturated rings. The Hall–Kier alpha value is -1.39. The maximum atomic E-state index is 13.5. The molecule has 142 valence electrons. The number of hydrogen-bond donors (Lipinski definition) is 0. The molecule has 0 unspecified atom stereocenters. The molecule has 1 aromatic rings. The highest BCUT2D eigenvalue weighted by atomic mass is 16.4. The van der Waals surface area contributed by atoms with E-state index in [-0.39, 0.29) is 11.3 Å². The Kier molecular flexibility index (Phi) is 3.91. The first kappa shape index (κ1) is 16.8. The zero-order valence-electron chi connectivity index (χ0n) is 16.1. The normalized spacial score (nSPS) is 36.9. The number of amides is 1. The summed E-state index contributed by atoms with van der Waals surface area (Å²) in [5, 5.41) is 8.44. The summed E-state index contributed by atoms with van der Waals surface area (Å²) in [5.74, 6) is 5.05. The van der Waals surface area contributed by atoms with Gasteiger partial charge in [-0.15, -0.1) is 10.2 Å². The molecule has 2 heterocycles. The Balaban J connectivity index is 1.25. The molecule has 4 bridgehead atoms. The van der Waals surface area contributed by atoms with Crippen molar-refractivity contribution in [2.45, 2.75) is 77.0 Å². The van der Waals surface area contributed by atoms with E-state index < -0.39 is 0 Å². The zero-order valence-corrected chi connectivity index (χ0v) is 16.1. The van der Waals surface area contributed by atoms with E-state index in [0.717, 1.165) is 55.5 Å². The van der Waals surface area contributed by atoms with E-state index in [0.29, 0.717) is 11.8 Å². The van der Waals surface area contributed by atoms with Crippen LogP contribution in [0.1, 0.15) is 88.8 Å². The van der Waals surface area contributed by atoms with Crippen molar-refractivity contribution in [2.24, 2.45) is 23.2 Å². The molecule has 5 aliphatic rings. The summed E-state index contributed by atoms with van der Waals surface area (Å²) in [5.41, 5.74) is -0.00309. The standard InChI is InChI=1S/C21H31N3O2/c1-13(2)18-22-23-19(26-18)17-3-5-24(6-4-17)20(25)21-10-14-7-15(11-21)9-16(8-14)12-21/h13-17H,3-12H2,1-2H3. The molecular formula is C21H31N3O2. The number of likely N-dealkylation sites (tertiary alicyclic amines) is 1. The third-order valence-corrected chi connectivity index (χ3v) is 7.57. The summed E-state index contributed by atoms with van der Waals surface area (Å²) in [6.45, 7) is 5.85. The van der Waals surface area contributed by atoms with Crippen LogP contribution in [0.25, 0.3) is 0 Å². The summed E-state index contributed by atoms with van der Waals surface area (Å²) in [7, 11) is 0. The summed E-state index contributed by atoms with van der Waals surface area (Å²) in [4.78, 5) is 15.6. The molecule has 1 saturated heterocycles. The van der Waals surface area contributed by atoms with E-state index in [2.05, 4.69) is 28.9 Å². The fraction of sp³-hybridized carbons (Fsp3) is 0.857. The first-order valence-corrected chi connectivity index (χ1v) is 10.6. The van der Waals surface area contributed by atoms with Gasteiger partial charge in [-0.3, -0.25) is 4.79 Å². The lowest BCUT2D eigenvalue weighted by Gasteiger charge is -2.57. The van der Waals surface area contributed by atoms with Crippen molar-refractivity contribution in [2.75, 3.05) is 13.1 Å². The van der Waals surface area contributed by atoms with Crippen molar-refractivity contribution < 1.29 is 9.21 Å². The lowest BCUT2D eigenvalue weighted by molar-refractivity contribution is -0.158. The minimum absolute atomic E-state index is 0.00309. The second kappa shape index (κ2) is 6.07. The number of rotatable bonds is 3. The van der Waals surface area contributed by atoms with Crippen LogP contribution in [0.15, 0.2) is 4.42 Å². The molecule has 0 N–H and O–H groups in total. The summed E-state index contributed by atoms with van der Waals surface area (Å²) >= 11 is 0. The molecule has 0 atom stereocenters. The fourth-order valence-electron chi connectivity index (χ4n) is 6.68. The van der Waals surface area contributed by atoms with Crippen molar-refractivity contribution >= 4 is 5.91 Å². The van der Waals surface area contributed by atoms with Gasteiger partial charge in [0.25, 0.3) is 0 Å². The summed E-state index contributed by atoms with van der Waals surface area (Å²) in [6, 6.07) is 0. The van der Waals surface area contributed by atoms with Gasteiger partial charge in [0.15, 0.2) is 0 Å². The minimum atomic E-state index is -0.00309. The van der Waals surface area contributed by atoms with E-state index in [9.17, 15) is 4.79 Å². The minimum Gasteiger partial charge on any atom is -0.425 e. The van der Waals surface area contributed by atoms with E-state index >= 15 is 0 Å². The van der Waals surface area contributed by atoms with Gasteiger partial charge in [0.05, 0.1) is 5.41 Å². The van der Waals surface area contributed by atoms with Crippen LogP contribution in [0.5, 0.6) is 0 Å². The predicted molar refractivity (Wildman–Crippen MR) is 97.5 cm³/mol. The van der Waals surface area contributed by atoms with E-state index in [1.54, 1.807) is 0 Å². The van der Waals surface area contributed by atoms with Gasteiger partial charge in [0, 0.05) is 24.9 Å². The van der Waals surface area contributed by atoms with Crippen LogP contribution in [-0.2, 0) is 4.79 Å². The highest BCUT2D eigenvalue weighted by Gasteiger charge is 2.55. The van der Waals surface area contributed by atoms with E-state index in [1.165, 1.54) is 38.5 Å². The molecule has 0 aromatic carbocycles. The van der Waals surface area contributed by atoms with Gasteiger partial charge < -0.3 is 9.32 Å². The maximum absolute atomic E-state index is 13.5. The molecule has 4 saturated carbocycles. The van der Waals surface area contributed by atoms with Gasteiger partial charge in [-0.25, -0.2) is 0 Å². The number of aromatic nitrogens is 2. The molecule has 0 radical (unpaired) electrons. The number of nitrogens with zero attached hydrogens (tertiary/aromatic N) is 3. The number of hydrogen-bond acceptors (Lipinski definition) is 4. The van der Waals surface area contributed by atoms with Crippen LogP contribution < -0.4 is 0 Å². The Morgan fingerprint density at radius 1 is 1.04 bits per heavy atom. The first-order chi connectivity index (χ1) is 12.5. The monoisotopic (exact) mass is 357 g/mol. The van der Waals surface area contributed by atoms with Gasteiger partial charge in [0.1, 0.15) is 0 Å². The van der Waals surface area contributed by atoms with Crippen LogP contribution in [0.2, 0.25) is 0 Å². The van der Waals surface area contributed by atoms with E-state index in [1.807, 2.05) is 0 Å². The van der Waals surface area contributed by atoms with E-state index in [4.69, 9.17) is 4.42 Å². The lowest BCUT2D eigenvalue weighted by atomic mass is 9.49. The molecule has 6 rings (SSSR count). The molecule has 5 nitrogen and oxygen atoms in total. The third-order valence-electron chi connectivity index (χ3n) is 7.57. The number of carbonyl (C=O) groups excluding carboxylic acids is 1. The number of piperidine rings is 1. The Labute approximate surface area is 155 Å². The van der Waals surface area contributed by atoms with Crippen LogP contribution >= 0.6 is 0 Å². The topological polar surface area (TPSA) is 59.2 Å². The van der Waals surface area contributed by atoms with Crippen molar-refractivity contribution in [3.8, 4) is 0 Å². The first-order valence-electron chi connectivity index (χ1n) is 10.6. The molecule has 1 aromatic heterocycles. The highest BCUT2D eigenvalue weighted by molar-refractivity contribution is 5.83. The average Bonchev–Trinajstić information content (AvgIpc) is 3.10. The highest BCUT2D eigenvalue weighted by Crippen LogP contribution is 2.60. The third kappa shape index (κ3) is 2.69. The second-order valence-electron chi connectivity index (χ2n) is 9.90. The van der Waals surface area contributed by atoms with Crippen molar-refractivity contribution in [1.29, 1.82) is 0 Å². The summed E-state index contributed by atoms with van der Waals surface area (Å²) in [6.07, 6.45) is 9.59. The Morgan fingerprint density at radius 3 is 2.12 bits per heavy atom. The quantitative estimate of drug-likeness (QED) is 0.816. The fourth-order valence-corrected chi connectivity index (χ4v) is 6.68. The molecule has 1 amide bonds. The van der Waals surface area contributed by atoms with Crippen LogP contribution in [-0.4, -0.2) is 34.1 Å². The zero-order chi connectivity index (χ0) is 17.9. The van der Waals surface area contributed by atoms with Crippen molar-refractivity contribution in [3.05, 3.63) is 11.8 Å². The summed E-state index contributed by atoms with van der Waals surface area (Å²) < 4.78 is 5.85. The Bertz CT molecular complexity index is 652. The molecular weight excluding hydrogens is 326 g/mol. The van der Waals surface area contributed by atoms with Gasteiger partial charge in [0.2, 0.25) is 17.7 Å². The second-order valence-corrected chi connectivity index (χ2v) is 9.90. The molecule has 5 heteroatoms. The van der Waals surface area contributed by atoms with Gasteiger partial charge in [-0.05, 0) is 69.1 Å². The van der Waals surface area contributed by atoms with Crippen molar-refractivity contribution in [1.82, 2.24) is 15.1 Å².